The summed E-state index contributed by atoms with van der Waals surface area (Å²) in [4.78, 5) is 17.2. The number of benzene rings is 2. The van der Waals surface area contributed by atoms with E-state index in [-0.39, 0.29) is 34.7 Å². The summed E-state index contributed by atoms with van der Waals surface area (Å²) < 4.78 is 23.5. The van der Waals surface area contributed by atoms with Gasteiger partial charge in [-0.1, -0.05) is 53.7 Å². The van der Waals surface area contributed by atoms with Crippen molar-refractivity contribution in [1.29, 1.82) is 0 Å². The van der Waals surface area contributed by atoms with Gasteiger partial charge in [0, 0.05) is 16.9 Å². The molecule has 0 saturated carbocycles. The Kier molecular flexibility index (Phi) is 6.60. The van der Waals surface area contributed by atoms with E-state index in [2.05, 4.69) is 27.8 Å². The number of amides is 1. The van der Waals surface area contributed by atoms with Crippen molar-refractivity contribution >= 4 is 50.0 Å². The molecule has 2 aromatic carbocycles. The molecular weight excluding hydrogens is 454 g/mol. The van der Waals surface area contributed by atoms with Gasteiger partial charge in [0.2, 0.25) is 0 Å². The molecule has 4 rings (SSSR count). The molecule has 3 unspecified atom stereocenters. The molecule has 0 spiro atoms. The largest absolute Gasteiger partial charge is 0.350 e. The van der Waals surface area contributed by atoms with E-state index < -0.39 is 9.84 Å². The van der Waals surface area contributed by atoms with E-state index in [1.54, 1.807) is 18.2 Å². The average Bonchev–Trinajstić information content (AvgIpc) is 3.21. The molecule has 6 nitrogen and oxygen atoms in total. The van der Waals surface area contributed by atoms with Crippen LogP contribution in [0.4, 0.5) is 5.69 Å². The molecule has 2 aliphatic rings. The number of hydrogen-bond acceptors (Lipinski definition) is 6. The van der Waals surface area contributed by atoms with Gasteiger partial charge in [-0.25, -0.2) is 8.42 Å². The molecule has 1 fully saturated rings. The fourth-order valence-corrected chi connectivity index (χ4v) is 7.53. The van der Waals surface area contributed by atoms with E-state index in [9.17, 15) is 13.2 Å². The first-order valence-electron chi connectivity index (χ1n) is 10.2. The fraction of sp³-hybridized carbons (Fsp3) is 0.364. The lowest BCUT2D eigenvalue weighted by atomic mass is 10.1. The predicted octanol–water partition coefficient (Wildman–Crippen LogP) is 3.77. The summed E-state index contributed by atoms with van der Waals surface area (Å²) in [5.74, 6) is 0.0743. The molecule has 2 heterocycles. The monoisotopic (exact) mass is 477 g/mol. The van der Waals surface area contributed by atoms with Crippen molar-refractivity contribution in [3.05, 3.63) is 64.7 Å². The first kappa shape index (κ1) is 22.2. The van der Waals surface area contributed by atoms with Crippen LogP contribution in [-0.4, -0.2) is 48.3 Å². The molecule has 0 aromatic heterocycles. The predicted molar refractivity (Wildman–Crippen MR) is 128 cm³/mol. The lowest BCUT2D eigenvalue weighted by Crippen LogP contribution is -2.33. The first-order valence-corrected chi connectivity index (χ1v) is 13.2. The van der Waals surface area contributed by atoms with Crippen LogP contribution in [0.25, 0.3) is 0 Å². The molecule has 2 N–H and O–H groups in total. The quantitative estimate of drug-likeness (QED) is 0.661. The third-order valence-corrected chi connectivity index (χ3v) is 8.85. The van der Waals surface area contributed by atoms with Gasteiger partial charge >= 0.3 is 0 Å². The summed E-state index contributed by atoms with van der Waals surface area (Å²) in [5.41, 5.74) is 2.33. The Balaban J connectivity index is 1.36. The topological polar surface area (TPSA) is 87.6 Å². The number of anilines is 1. The zero-order valence-corrected chi connectivity index (χ0v) is 19.4. The molecule has 3 atom stereocenters. The maximum atomic E-state index is 12.7. The van der Waals surface area contributed by atoms with Gasteiger partial charge in [0.25, 0.3) is 5.91 Å². The number of carbonyl (C=O) groups excluding carboxylic acids is 1. The second-order valence-corrected chi connectivity index (χ2v) is 11.7. The highest BCUT2D eigenvalue weighted by Crippen LogP contribution is 2.35. The van der Waals surface area contributed by atoms with Crippen LogP contribution in [0, 0.1) is 0 Å². The molecule has 31 heavy (non-hydrogen) atoms. The summed E-state index contributed by atoms with van der Waals surface area (Å²) >= 11 is 7.73. The number of carbonyl (C=O) groups is 1. The third-order valence-electron chi connectivity index (χ3n) is 5.37. The molecule has 1 saturated heterocycles. The van der Waals surface area contributed by atoms with Gasteiger partial charge in [-0.05, 0) is 43.5 Å². The van der Waals surface area contributed by atoms with Gasteiger partial charge in [0.1, 0.15) is 0 Å². The number of thioether (sulfide) groups is 1. The number of hydrogen-bond donors (Lipinski definition) is 2. The number of fused-ring (bicyclic) bond motifs is 1. The normalized spacial score (nSPS) is 22.5. The maximum absolute atomic E-state index is 12.7. The molecule has 2 aliphatic heterocycles. The van der Waals surface area contributed by atoms with Crippen LogP contribution in [-0.2, 0) is 16.3 Å². The van der Waals surface area contributed by atoms with Crippen LogP contribution in [0.5, 0.6) is 0 Å². The Morgan fingerprint density at radius 2 is 2.00 bits per heavy atom. The number of nitrogens with one attached hydrogen (secondary N) is 2. The van der Waals surface area contributed by atoms with Gasteiger partial charge < -0.3 is 10.6 Å². The first-order chi connectivity index (χ1) is 14.8. The second kappa shape index (κ2) is 9.22. The van der Waals surface area contributed by atoms with Crippen LogP contribution >= 0.6 is 23.4 Å². The highest BCUT2D eigenvalue weighted by atomic mass is 35.5. The average molecular weight is 478 g/mol. The Hall–Kier alpha value is -2.03. The molecule has 9 heteroatoms. The smallest absolute Gasteiger partial charge is 0.251 e. The summed E-state index contributed by atoms with van der Waals surface area (Å²) in [7, 11) is -3.00. The number of halogens is 1. The van der Waals surface area contributed by atoms with E-state index in [1.807, 2.05) is 25.1 Å². The number of amidine groups is 1. The van der Waals surface area contributed by atoms with Crippen molar-refractivity contribution in [2.45, 2.75) is 37.1 Å². The van der Waals surface area contributed by atoms with E-state index in [0.717, 1.165) is 12.8 Å². The van der Waals surface area contributed by atoms with Crippen molar-refractivity contribution in [1.82, 2.24) is 5.32 Å². The summed E-state index contributed by atoms with van der Waals surface area (Å²) in [6, 6.07) is 15.1. The molecule has 164 valence electrons. The number of aryl methyl sites for hydroxylation is 1. The summed E-state index contributed by atoms with van der Waals surface area (Å²) in [6.07, 6.45) is 1.73. The Labute approximate surface area is 191 Å². The van der Waals surface area contributed by atoms with E-state index in [1.165, 1.54) is 17.3 Å². The van der Waals surface area contributed by atoms with Crippen LogP contribution in [0.15, 0.2) is 53.5 Å². The van der Waals surface area contributed by atoms with Crippen molar-refractivity contribution in [2.24, 2.45) is 4.99 Å². The minimum atomic E-state index is -3.00. The SMILES string of the molecule is CC(CCc1ccccc1)NC(=O)c1ccc(Cl)c(NC2=NC3CS(=O)(=O)CC3S2)c1. The van der Waals surface area contributed by atoms with Crippen molar-refractivity contribution < 1.29 is 13.2 Å². The molecule has 2 aromatic rings. The standard InChI is InChI=1S/C22H24ClN3O3S2/c1-14(7-8-15-5-3-2-4-6-15)24-21(27)16-9-10-17(23)18(11-16)25-22-26-19-12-31(28,29)13-20(19)30-22/h2-6,9-11,14,19-20H,7-8,12-13H2,1H3,(H,24,27)(H,25,26). The van der Waals surface area contributed by atoms with Crippen LogP contribution < -0.4 is 10.6 Å². The van der Waals surface area contributed by atoms with Gasteiger partial charge in [-0.3, -0.25) is 9.79 Å². The Bertz CT molecular complexity index is 1110. The van der Waals surface area contributed by atoms with Crippen LogP contribution in [0.1, 0.15) is 29.3 Å². The highest BCUT2D eigenvalue weighted by molar-refractivity contribution is 8.15. The number of aliphatic imine (C=N–C) groups is 1. The van der Waals surface area contributed by atoms with E-state index in [0.29, 0.717) is 21.4 Å². The maximum Gasteiger partial charge on any atom is 0.251 e. The van der Waals surface area contributed by atoms with Crippen LogP contribution in [0.3, 0.4) is 0 Å². The van der Waals surface area contributed by atoms with E-state index in [4.69, 9.17) is 11.6 Å². The Morgan fingerprint density at radius 3 is 2.74 bits per heavy atom. The lowest BCUT2D eigenvalue weighted by Gasteiger charge is -2.15. The third kappa shape index (κ3) is 5.61. The number of rotatable bonds is 6. The van der Waals surface area contributed by atoms with E-state index >= 15 is 0 Å². The minimum absolute atomic E-state index is 0.0240. The summed E-state index contributed by atoms with van der Waals surface area (Å²) in [5, 5.41) is 7.26. The second-order valence-electron chi connectivity index (χ2n) is 7.95. The van der Waals surface area contributed by atoms with Crippen molar-refractivity contribution in [3.8, 4) is 0 Å². The van der Waals surface area contributed by atoms with Gasteiger partial charge in [0.05, 0.1) is 28.3 Å². The highest BCUT2D eigenvalue weighted by Gasteiger charge is 2.42. The van der Waals surface area contributed by atoms with Gasteiger partial charge in [-0.2, -0.15) is 0 Å². The Morgan fingerprint density at radius 1 is 1.23 bits per heavy atom. The molecule has 0 radical (unpaired) electrons. The lowest BCUT2D eigenvalue weighted by molar-refractivity contribution is 0.0938. The van der Waals surface area contributed by atoms with Gasteiger partial charge in [0.15, 0.2) is 15.0 Å². The molecular formula is C22H24ClN3O3S2. The molecule has 0 bridgehead atoms. The number of sulfone groups is 1. The zero-order chi connectivity index (χ0) is 22.0. The molecule has 1 amide bonds. The molecule has 0 aliphatic carbocycles. The zero-order valence-electron chi connectivity index (χ0n) is 17.0. The van der Waals surface area contributed by atoms with Gasteiger partial charge in [-0.15, -0.1) is 0 Å². The summed E-state index contributed by atoms with van der Waals surface area (Å²) in [6.45, 7) is 1.99. The number of nitrogens with zero attached hydrogens (tertiary/aromatic N) is 1. The van der Waals surface area contributed by atoms with Crippen LogP contribution in [0.2, 0.25) is 5.02 Å². The van der Waals surface area contributed by atoms with Crippen molar-refractivity contribution in [2.75, 3.05) is 16.8 Å². The fourth-order valence-electron chi connectivity index (χ4n) is 3.70. The minimum Gasteiger partial charge on any atom is -0.350 e. The van der Waals surface area contributed by atoms with Crippen molar-refractivity contribution in [3.63, 3.8) is 0 Å².